The Bertz CT molecular complexity index is 9.65. The first-order valence-electron chi connectivity index (χ1n) is 0. The first kappa shape index (κ1) is 97.6. The molecule has 0 heterocycles. The van der Waals surface area contributed by atoms with Crippen LogP contribution in [-0.4, -0.2) is 0 Å². The minimum atomic E-state index is 0. The fourth-order valence-electron chi connectivity index (χ4n) is 0. The van der Waals surface area contributed by atoms with Gasteiger partial charge >= 0.3 is 0 Å². The summed E-state index contributed by atoms with van der Waals surface area (Å²) in [6.45, 7) is 0. The van der Waals surface area contributed by atoms with Gasteiger partial charge in [0.1, 0.15) is 0 Å². The summed E-state index contributed by atoms with van der Waals surface area (Å²) in [5.41, 5.74) is 0. The van der Waals surface area contributed by atoms with Crippen LogP contribution in [0.1, 0.15) is 0 Å². The molecule has 0 N–H and O–H groups in total. The highest BCUT2D eigenvalue weighted by molar-refractivity contribution is 8.93. The highest BCUT2D eigenvalue weighted by Crippen LogP contribution is 0.864. The minimum absolute atomic E-state index is 0. The molecule has 0 saturated carbocycles. The van der Waals surface area contributed by atoms with Crippen LogP contribution in [0.2, 0.25) is 0 Å². The number of hydrogen-bond acceptors (Lipinski definition) is 0. The third kappa shape index (κ3) is 52.2. The van der Waals surface area contributed by atoms with Crippen LogP contribution in [0.25, 0.3) is 0 Å². The standard InChI is InChI=1S/BrH.2ClH.4H3P/h3*1H;4*1H3. The van der Waals surface area contributed by atoms with Gasteiger partial charge in [-0.3, -0.25) is 0 Å². The molecule has 0 rings (SSSR count). The zero-order valence-corrected chi connectivity index (χ0v) is 13.1. The smallest absolute Gasteiger partial charge is 0.114 e. The zero-order valence-electron chi connectivity index (χ0n) is 4.05. The van der Waals surface area contributed by atoms with Crippen molar-refractivity contribution in [2.75, 3.05) is 0 Å². The molecule has 7 heteroatoms. The van der Waals surface area contributed by atoms with Gasteiger partial charge in [0.05, 0.1) is 0 Å². The molecule has 0 spiro atoms. The maximum absolute atomic E-state index is 0. The van der Waals surface area contributed by atoms with Crippen molar-refractivity contribution in [3.05, 3.63) is 0 Å². The summed E-state index contributed by atoms with van der Waals surface area (Å²) in [6.07, 6.45) is 0. The fourth-order valence-corrected chi connectivity index (χ4v) is 0. The van der Waals surface area contributed by atoms with Gasteiger partial charge in [-0.2, -0.15) is 39.6 Å². The third-order valence-electron chi connectivity index (χ3n) is 0. The van der Waals surface area contributed by atoms with Crippen molar-refractivity contribution in [2.24, 2.45) is 0 Å². The molecule has 0 aliphatic carbocycles. The highest BCUT2D eigenvalue weighted by atomic mass is 79.9. The van der Waals surface area contributed by atoms with E-state index in [-0.39, 0.29) is 81.4 Å². The second-order valence-corrected chi connectivity index (χ2v) is 0. The Labute approximate surface area is 81.2 Å². The Kier molecular flexibility index (Phi) is 958. The summed E-state index contributed by atoms with van der Waals surface area (Å²) < 4.78 is 0. The van der Waals surface area contributed by atoms with Gasteiger partial charge in [0, 0.05) is 0 Å². The van der Waals surface area contributed by atoms with Gasteiger partial charge < -0.3 is 0 Å². The van der Waals surface area contributed by atoms with Crippen LogP contribution in [0.15, 0.2) is 0 Å². The van der Waals surface area contributed by atoms with Crippen LogP contribution < -0.4 is 0 Å². The van der Waals surface area contributed by atoms with E-state index >= 15 is 0 Å². The lowest BCUT2D eigenvalue weighted by molar-refractivity contribution is 5.85. The van der Waals surface area contributed by atoms with Crippen LogP contribution in [0, 0.1) is 0 Å². The Balaban J connectivity index is 0. The number of rotatable bonds is 0. The lowest BCUT2D eigenvalue weighted by atomic mass is 31.0. The molecule has 0 aromatic carbocycles. The highest BCUT2D eigenvalue weighted by Gasteiger charge is -0.113. The largest absolute Gasteiger partial charge is 0.153 e. The van der Waals surface area contributed by atoms with Crippen molar-refractivity contribution in [1.82, 2.24) is 0 Å². The first-order valence-corrected chi connectivity index (χ1v) is 0. The van der Waals surface area contributed by atoms with E-state index in [1.165, 1.54) is 0 Å². The van der Waals surface area contributed by atoms with Crippen LogP contribution in [0.4, 0.5) is 0 Å². The molecule has 0 aliphatic heterocycles. The van der Waals surface area contributed by atoms with Gasteiger partial charge in [-0.05, 0) is 0 Å². The number of halogens is 3. The van der Waals surface area contributed by atoms with Crippen molar-refractivity contribution >= 4 is 81.4 Å². The first-order chi connectivity index (χ1) is 0. The van der Waals surface area contributed by atoms with Gasteiger partial charge in [-0.25, -0.2) is 0 Å². The van der Waals surface area contributed by atoms with Gasteiger partial charge in [-0.1, -0.05) is 0 Å². The second-order valence-electron chi connectivity index (χ2n) is 0. The van der Waals surface area contributed by atoms with E-state index in [2.05, 4.69) is 0 Å². The molecule has 0 bridgehead atoms. The van der Waals surface area contributed by atoms with Gasteiger partial charge in [0.25, 0.3) is 0 Å². The Hall–Kier alpha value is 2.78. The zero-order chi connectivity index (χ0) is 0. The predicted octanol–water partition coefficient (Wildman–Crippen LogP) is 1.65. The van der Waals surface area contributed by atoms with Gasteiger partial charge in [-0.15, -0.1) is 41.8 Å². The molecule has 0 aromatic rings. The van der Waals surface area contributed by atoms with Crippen molar-refractivity contribution in [3.63, 3.8) is 0 Å². The summed E-state index contributed by atoms with van der Waals surface area (Å²) >= 11 is 0. The van der Waals surface area contributed by atoms with Crippen LogP contribution in [0.3, 0.4) is 0 Å². The Morgan fingerprint density at radius 2 is 0.429 bits per heavy atom. The average Bonchev–Trinajstić information content (AvgIpc) is 0. The molecule has 56 valence electrons. The number of hydrogen-bond donors (Lipinski definition) is 0. The average molecular weight is 290 g/mol. The van der Waals surface area contributed by atoms with Crippen LogP contribution >= 0.6 is 81.4 Å². The lowest BCUT2D eigenvalue weighted by Crippen LogP contribution is 0.688. The van der Waals surface area contributed by atoms with Crippen LogP contribution in [-0.2, 0) is 0 Å². The normalized spacial score (nSPS) is 0. The summed E-state index contributed by atoms with van der Waals surface area (Å²) in [5.74, 6) is 0. The van der Waals surface area contributed by atoms with Crippen molar-refractivity contribution < 1.29 is 0 Å². The molecule has 0 aromatic heterocycles. The topological polar surface area (TPSA) is 0 Å². The monoisotopic (exact) mass is 288 g/mol. The molecular formula is H15BrCl2P4. The molecule has 0 radical (unpaired) electrons. The van der Waals surface area contributed by atoms with E-state index in [9.17, 15) is 0 Å². The summed E-state index contributed by atoms with van der Waals surface area (Å²) in [7, 11) is 0. The molecular weight excluding hydrogens is 275 g/mol. The third-order valence-corrected chi connectivity index (χ3v) is 0. The van der Waals surface area contributed by atoms with Crippen molar-refractivity contribution in [2.45, 2.75) is 0 Å². The Morgan fingerprint density at radius 3 is 0.429 bits per heavy atom. The van der Waals surface area contributed by atoms with Crippen LogP contribution in [0.5, 0.6) is 0 Å². The van der Waals surface area contributed by atoms with Crippen molar-refractivity contribution in [3.8, 4) is 0 Å². The van der Waals surface area contributed by atoms with E-state index in [1.54, 1.807) is 0 Å². The molecule has 0 aliphatic rings. The van der Waals surface area contributed by atoms with Crippen molar-refractivity contribution in [1.29, 1.82) is 0 Å². The summed E-state index contributed by atoms with van der Waals surface area (Å²) in [5, 5.41) is 0. The predicted molar refractivity (Wildman–Crippen MR) is 69.2 cm³/mol. The maximum atomic E-state index is 0. The molecule has 0 saturated heterocycles. The maximum Gasteiger partial charge on any atom is -0.114 e. The molecule has 0 nitrogen and oxygen atoms in total. The quantitative estimate of drug-likeness (QED) is 0.595. The van der Waals surface area contributed by atoms with E-state index in [0.717, 1.165) is 0 Å². The molecule has 0 amide bonds. The Morgan fingerprint density at radius 1 is 0.429 bits per heavy atom. The van der Waals surface area contributed by atoms with Gasteiger partial charge in [0.2, 0.25) is 0 Å². The van der Waals surface area contributed by atoms with Gasteiger partial charge in [0.15, 0.2) is 0 Å². The minimum Gasteiger partial charge on any atom is -0.153 e. The van der Waals surface area contributed by atoms with E-state index in [4.69, 9.17) is 0 Å². The molecule has 4 unspecified atom stereocenters. The van der Waals surface area contributed by atoms with E-state index < -0.39 is 0 Å². The van der Waals surface area contributed by atoms with E-state index in [0.29, 0.717) is 0 Å². The summed E-state index contributed by atoms with van der Waals surface area (Å²) in [6, 6.07) is 0. The SMILES string of the molecule is Br.Cl.Cl.P.P.P.P. The molecule has 7 heavy (non-hydrogen) atoms. The molecule has 0 fully saturated rings. The fraction of sp³-hybridized carbons (Fsp3) is 0. The second kappa shape index (κ2) is 68.8. The summed E-state index contributed by atoms with van der Waals surface area (Å²) in [4.78, 5) is 0. The lowest BCUT2D eigenvalue weighted by Gasteiger charge is -0.154. The molecule has 4 atom stereocenters. The van der Waals surface area contributed by atoms with E-state index in [1.807, 2.05) is 0 Å².